The van der Waals surface area contributed by atoms with Crippen molar-refractivity contribution in [1.82, 2.24) is 9.97 Å². The first-order valence-electron chi connectivity index (χ1n) is 6.08. The van der Waals surface area contributed by atoms with Gasteiger partial charge in [-0.15, -0.1) is 24.8 Å². The van der Waals surface area contributed by atoms with Gasteiger partial charge in [0.05, 0.1) is 12.4 Å². The minimum atomic E-state index is -2.27. The number of ketones is 1. The summed E-state index contributed by atoms with van der Waals surface area (Å²) in [6, 6.07) is -1.17. The average molecular weight is 392 g/mol. The first-order valence-corrected chi connectivity index (χ1v) is 6.08. The van der Waals surface area contributed by atoms with Gasteiger partial charge in [0.25, 0.3) is 0 Å². The Bertz CT molecular complexity index is 683. The van der Waals surface area contributed by atoms with Crippen molar-refractivity contribution in [2.24, 2.45) is 5.73 Å². The molecule has 3 N–H and O–H groups in total. The minimum Gasteiger partial charge on any atom is -0.348 e. The Labute approximate surface area is 145 Å². The quantitative estimate of drug-likeness (QED) is 0.467. The van der Waals surface area contributed by atoms with Crippen LogP contribution in [0.2, 0.25) is 0 Å². The molecule has 24 heavy (non-hydrogen) atoms. The molecule has 0 saturated carbocycles. The summed E-state index contributed by atoms with van der Waals surface area (Å²) in [5, 5.41) is 0. The maximum atomic E-state index is 13.5. The van der Waals surface area contributed by atoms with Crippen LogP contribution in [0.4, 0.5) is 22.0 Å². The Balaban J connectivity index is 0.00000264. The molecule has 0 aliphatic carbocycles. The average Bonchev–Trinajstić information content (AvgIpc) is 3.00. The number of aromatic amines is 1. The molecule has 2 rings (SSSR count). The van der Waals surface area contributed by atoms with Crippen molar-refractivity contribution in [2.45, 2.75) is 18.9 Å². The standard InChI is InChI=1S/C13H10F5N3O.2ClH/c14-9-6(10(15)12(17)13(18)11(9)16)2-8(22)7(19)1-5-3-20-4-21-5;;/h3-4,7H,1-2,19H2,(H,20,21);2*1H/t7-;;/m0../s1. The monoisotopic (exact) mass is 391 g/mol. The molecular weight excluding hydrogens is 380 g/mol. The molecule has 2 aromatic rings. The second-order valence-corrected chi connectivity index (χ2v) is 4.58. The van der Waals surface area contributed by atoms with E-state index in [1.807, 2.05) is 0 Å². The zero-order valence-electron chi connectivity index (χ0n) is 11.8. The zero-order chi connectivity index (χ0) is 16.4. The first-order chi connectivity index (χ1) is 10.3. The number of H-pyrrole nitrogens is 1. The van der Waals surface area contributed by atoms with E-state index >= 15 is 0 Å². The summed E-state index contributed by atoms with van der Waals surface area (Å²) in [5.41, 5.74) is 4.86. The molecule has 1 aromatic heterocycles. The summed E-state index contributed by atoms with van der Waals surface area (Å²) in [6.07, 6.45) is 1.73. The molecule has 0 radical (unpaired) electrons. The highest BCUT2D eigenvalue weighted by atomic mass is 35.5. The van der Waals surface area contributed by atoms with E-state index in [1.165, 1.54) is 12.5 Å². The van der Waals surface area contributed by atoms with Gasteiger partial charge >= 0.3 is 0 Å². The Morgan fingerprint density at radius 2 is 1.54 bits per heavy atom. The number of rotatable bonds is 5. The highest BCUT2D eigenvalue weighted by molar-refractivity contribution is 5.86. The molecular formula is C13H12Cl2F5N3O. The van der Waals surface area contributed by atoms with E-state index in [-0.39, 0.29) is 31.2 Å². The molecule has 11 heteroatoms. The number of halogens is 7. The number of carbonyl (C=O) groups is 1. The van der Waals surface area contributed by atoms with E-state index in [9.17, 15) is 26.7 Å². The van der Waals surface area contributed by atoms with Crippen molar-refractivity contribution in [3.63, 3.8) is 0 Å². The lowest BCUT2D eigenvalue weighted by Crippen LogP contribution is -2.34. The maximum Gasteiger partial charge on any atom is 0.200 e. The number of Topliss-reactive ketones (excluding diaryl/α,β-unsaturated/α-hetero) is 1. The highest BCUT2D eigenvalue weighted by Gasteiger charge is 2.28. The van der Waals surface area contributed by atoms with Crippen molar-refractivity contribution < 1.29 is 26.7 Å². The molecule has 0 unspecified atom stereocenters. The summed E-state index contributed by atoms with van der Waals surface area (Å²) >= 11 is 0. The summed E-state index contributed by atoms with van der Waals surface area (Å²) in [5.74, 6) is -11.4. The normalized spacial score (nSPS) is 11.4. The van der Waals surface area contributed by atoms with Gasteiger partial charge in [0, 0.05) is 30.3 Å². The summed E-state index contributed by atoms with van der Waals surface area (Å²) < 4.78 is 65.9. The number of nitrogens with zero attached hydrogens (tertiary/aromatic N) is 1. The van der Waals surface area contributed by atoms with Crippen LogP contribution in [0, 0.1) is 29.1 Å². The van der Waals surface area contributed by atoms with Gasteiger partial charge in [-0.25, -0.2) is 26.9 Å². The molecule has 4 nitrogen and oxygen atoms in total. The number of imidazole rings is 1. The molecule has 1 aromatic carbocycles. The summed E-state index contributed by atoms with van der Waals surface area (Å²) in [7, 11) is 0. The van der Waals surface area contributed by atoms with Crippen molar-refractivity contribution in [3.05, 3.63) is 52.9 Å². The minimum absolute atomic E-state index is 0. The first kappa shape index (κ1) is 22.3. The Morgan fingerprint density at radius 1 is 1.04 bits per heavy atom. The van der Waals surface area contributed by atoms with E-state index in [2.05, 4.69) is 9.97 Å². The number of nitrogens with two attached hydrogens (primary N) is 1. The van der Waals surface area contributed by atoms with Crippen LogP contribution in [0.5, 0.6) is 0 Å². The maximum absolute atomic E-state index is 13.5. The number of aromatic nitrogens is 2. The van der Waals surface area contributed by atoms with Crippen LogP contribution in [-0.4, -0.2) is 21.8 Å². The van der Waals surface area contributed by atoms with Crippen molar-refractivity contribution >= 4 is 30.6 Å². The predicted octanol–water partition coefficient (Wildman–Crippen LogP) is 2.63. The fraction of sp³-hybridized carbons (Fsp3) is 0.231. The Hall–Kier alpha value is -1.71. The summed E-state index contributed by atoms with van der Waals surface area (Å²) in [6.45, 7) is 0. The third kappa shape index (κ3) is 4.43. The molecule has 0 fully saturated rings. The molecule has 0 saturated heterocycles. The number of carbonyl (C=O) groups excluding carboxylic acids is 1. The van der Waals surface area contributed by atoms with Crippen molar-refractivity contribution in [2.75, 3.05) is 0 Å². The van der Waals surface area contributed by atoms with Gasteiger partial charge in [-0.05, 0) is 0 Å². The van der Waals surface area contributed by atoms with E-state index in [0.717, 1.165) is 0 Å². The number of hydrogen-bond acceptors (Lipinski definition) is 3. The topological polar surface area (TPSA) is 71.8 Å². The van der Waals surface area contributed by atoms with Crippen LogP contribution in [0.1, 0.15) is 11.3 Å². The van der Waals surface area contributed by atoms with Gasteiger partial charge in [-0.1, -0.05) is 0 Å². The lowest BCUT2D eigenvalue weighted by Gasteiger charge is -2.11. The van der Waals surface area contributed by atoms with E-state index in [1.54, 1.807) is 0 Å². The second kappa shape index (κ2) is 8.95. The van der Waals surface area contributed by atoms with Gasteiger partial charge in [0.1, 0.15) is 0 Å². The fourth-order valence-corrected chi connectivity index (χ4v) is 1.86. The second-order valence-electron chi connectivity index (χ2n) is 4.58. The lowest BCUT2D eigenvalue weighted by atomic mass is 10.00. The lowest BCUT2D eigenvalue weighted by molar-refractivity contribution is -0.119. The van der Waals surface area contributed by atoms with Crippen LogP contribution in [0.25, 0.3) is 0 Å². The van der Waals surface area contributed by atoms with Gasteiger partial charge in [-0.2, -0.15) is 0 Å². The largest absolute Gasteiger partial charge is 0.348 e. The summed E-state index contributed by atoms with van der Waals surface area (Å²) in [4.78, 5) is 18.2. The molecule has 0 aliphatic heterocycles. The predicted molar refractivity (Wildman–Crippen MR) is 79.7 cm³/mol. The van der Waals surface area contributed by atoms with Crippen LogP contribution in [0.3, 0.4) is 0 Å². The Morgan fingerprint density at radius 3 is 2.00 bits per heavy atom. The zero-order valence-corrected chi connectivity index (χ0v) is 13.4. The number of nitrogens with one attached hydrogen (secondary N) is 1. The molecule has 1 heterocycles. The van der Waals surface area contributed by atoms with Crippen LogP contribution < -0.4 is 5.73 Å². The SMILES string of the molecule is Cl.Cl.N[C@@H](Cc1cnc[nH]1)C(=O)Cc1c(F)c(F)c(F)c(F)c1F. The molecule has 1 atom stereocenters. The van der Waals surface area contributed by atoms with Gasteiger partial charge in [0.2, 0.25) is 5.82 Å². The highest BCUT2D eigenvalue weighted by Crippen LogP contribution is 2.23. The fourth-order valence-electron chi connectivity index (χ4n) is 1.86. The Kier molecular flexibility index (Phi) is 8.31. The number of benzene rings is 1. The van der Waals surface area contributed by atoms with Gasteiger partial charge in [-0.3, -0.25) is 4.79 Å². The third-order valence-corrected chi connectivity index (χ3v) is 3.06. The van der Waals surface area contributed by atoms with Crippen molar-refractivity contribution in [1.29, 1.82) is 0 Å². The van der Waals surface area contributed by atoms with Crippen LogP contribution in [-0.2, 0) is 17.6 Å². The van der Waals surface area contributed by atoms with E-state index in [0.29, 0.717) is 5.69 Å². The molecule has 0 spiro atoms. The van der Waals surface area contributed by atoms with Gasteiger partial charge < -0.3 is 10.7 Å². The van der Waals surface area contributed by atoms with E-state index < -0.39 is 52.9 Å². The third-order valence-electron chi connectivity index (χ3n) is 3.06. The number of hydrogen-bond donors (Lipinski definition) is 2. The van der Waals surface area contributed by atoms with Crippen molar-refractivity contribution in [3.8, 4) is 0 Å². The van der Waals surface area contributed by atoms with Gasteiger partial charge in [0.15, 0.2) is 29.1 Å². The van der Waals surface area contributed by atoms with Crippen LogP contribution >= 0.6 is 24.8 Å². The molecule has 0 aliphatic rings. The molecule has 0 amide bonds. The molecule has 0 bridgehead atoms. The molecule has 134 valence electrons. The van der Waals surface area contributed by atoms with E-state index in [4.69, 9.17) is 5.73 Å². The van der Waals surface area contributed by atoms with Crippen LogP contribution in [0.15, 0.2) is 12.5 Å². The smallest absolute Gasteiger partial charge is 0.200 e.